The van der Waals surface area contributed by atoms with Gasteiger partial charge in [0.2, 0.25) is 0 Å². The summed E-state index contributed by atoms with van der Waals surface area (Å²) in [5.41, 5.74) is 7.27. The number of anilines is 1. The molecule has 4 nitrogen and oxygen atoms in total. The van der Waals surface area contributed by atoms with Crippen LogP contribution in [0.5, 0.6) is 0 Å². The molecular weight excluding hydrogens is 250 g/mol. The zero-order valence-corrected chi connectivity index (χ0v) is 11.9. The van der Waals surface area contributed by atoms with E-state index in [-0.39, 0.29) is 11.6 Å². The van der Waals surface area contributed by atoms with Crippen LogP contribution in [0.25, 0.3) is 0 Å². The monoisotopic (exact) mass is 269 g/mol. The van der Waals surface area contributed by atoms with Crippen molar-refractivity contribution in [3.05, 3.63) is 16.0 Å². The molecule has 0 bridgehead atoms. The minimum atomic E-state index is -0.315. The molecule has 0 saturated carbocycles. The van der Waals surface area contributed by atoms with E-state index < -0.39 is 0 Å². The van der Waals surface area contributed by atoms with Crippen molar-refractivity contribution in [1.82, 2.24) is 0 Å². The zero-order valence-electron chi connectivity index (χ0n) is 11.0. The second-order valence-electron chi connectivity index (χ2n) is 5.00. The second-order valence-corrected chi connectivity index (χ2v) is 6.14. The Kier molecular flexibility index (Phi) is 3.64. The molecule has 1 aliphatic rings. The zero-order chi connectivity index (χ0) is 13.3. The number of hydrogen-bond acceptors (Lipinski definition) is 5. The maximum absolute atomic E-state index is 12.0. The van der Waals surface area contributed by atoms with Gasteiger partial charge in [0.15, 0.2) is 0 Å². The van der Waals surface area contributed by atoms with Crippen LogP contribution in [-0.2, 0) is 22.3 Å². The quantitative estimate of drug-likeness (QED) is 0.837. The van der Waals surface area contributed by atoms with Crippen LogP contribution in [0.15, 0.2) is 0 Å². The van der Waals surface area contributed by atoms with Crippen molar-refractivity contribution in [3.8, 4) is 0 Å². The Balaban J connectivity index is 2.43. The molecular formula is C13H19NO3S. The average molecular weight is 269 g/mol. The number of thiophene rings is 1. The maximum Gasteiger partial charge on any atom is 0.341 e. The molecule has 0 fully saturated rings. The molecule has 0 atom stereocenters. The summed E-state index contributed by atoms with van der Waals surface area (Å²) in [5, 5.41) is 0.566. The molecule has 0 aliphatic carbocycles. The van der Waals surface area contributed by atoms with Crippen LogP contribution in [0.1, 0.15) is 41.6 Å². The molecule has 2 heterocycles. The van der Waals surface area contributed by atoms with Crippen molar-refractivity contribution < 1.29 is 14.3 Å². The van der Waals surface area contributed by atoms with E-state index in [4.69, 9.17) is 15.2 Å². The normalized spacial score (nSPS) is 17.9. The van der Waals surface area contributed by atoms with Crippen LogP contribution in [0, 0.1) is 0 Å². The fourth-order valence-corrected chi connectivity index (χ4v) is 3.30. The van der Waals surface area contributed by atoms with Gasteiger partial charge in [-0.1, -0.05) is 0 Å². The standard InChI is InChI=1S/C13H19NO3S/c1-4-16-12(15)10-8-7-13(2,3)17-6-5-9(8)18-11(10)14/h4-7,14H2,1-3H3. The van der Waals surface area contributed by atoms with Crippen molar-refractivity contribution in [2.45, 2.75) is 39.2 Å². The van der Waals surface area contributed by atoms with Crippen molar-refractivity contribution in [2.24, 2.45) is 0 Å². The number of ether oxygens (including phenoxy) is 2. The third kappa shape index (κ3) is 2.52. The van der Waals surface area contributed by atoms with E-state index in [9.17, 15) is 4.79 Å². The van der Waals surface area contributed by atoms with Gasteiger partial charge in [0.1, 0.15) is 5.00 Å². The van der Waals surface area contributed by atoms with E-state index in [2.05, 4.69) is 0 Å². The summed E-state index contributed by atoms with van der Waals surface area (Å²) in [6.07, 6.45) is 1.51. The van der Waals surface area contributed by atoms with Crippen molar-refractivity contribution >= 4 is 22.3 Å². The van der Waals surface area contributed by atoms with Crippen LogP contribution in [0.3, 0.4) is 0 Å². The largest absolute Gasteiger partial charge is 0.462 e. The predicted octanol–water partition coefficient (Wildman–Crippen LogP) is 2.40. The molecule has 0 radical (unpaired) electrons. The van der Waals surface area contributed by atoms with Gasteiger partial charge in [-0.25, -0.2) is 4.79 Å². The van der Waals surface area contributed by atoms with E-state index in [1.54, 1.807) is 6.92 Å². The molecule has 1 aromatic rings. The van der Waals surface area contributed by atoms with Gasteiger partial charge in [0.05, 0.1) is 24.4 Å². The summed E-state index contributed by atoms with van der Waals surface area (Å²) < 4.78 is 10.9. The number of nitrogens with two attached hydrogens (primary N) is 1. The Labute approximate surface area is 111 Å². The molecule has 0 unspecified atom stereocenters. The summed E-state index contributed by atoms with van der Waals surface area (Å²) >= 11 is 1.48. The lowest BCUT2D eigenvalue weighted by Gasteiger charge is -2.23. The van der Waals surface area contributed by atoms with Crippen molar-refractivity contribution in [3.63, 3.8) is 0 Å². The second kappa shape index (κ2) is 4.90. The lowest BCUT2D eigenvalue weighted by atomic mass is 9.96. The number of rotatable bonds is 2. The molecule has 0 aromatic carbocycles. The van der Waals surface area contributed by atoms with E-state index in [0.29, 0.717) is 30.2 Å². The Bertz CT molecular complexity index is 465. The Morgan fingerprint density at radius 3 is 2.94 bits per heavy atom. The molecule has 1 aromatic heterocycles. The van der Waals surface area contributed by atoms with E-state index in [1.165, 1.54) is 11.3 Å². The molecule has 0 saturated heterocycles. The Morgan fingerprint density at radius 2 is 2.28 bits per heavy atom. The summed E-state index contributed by atoms with van der Waals surface area (Å²) in [6.45, 7) is 6.90. The van der Waals surface area contributed by atoms with E-state index in [1.807, 2.05) is 13.8 Å². The first kappa shape index (κ1) is 13.4. The number of esters is 1. The predicted molar refractivity (Wildman–Crippen MR) is 72.1 cm³/mol. The molecule has 2 N–H and O–H groups in total. The molecule has 2 rings (SSSR count). The Morgan fingerprint density at radius 1 is 1.56 bits per heavy atom. The molecule has 1 aliphatic heterocycles. The topological polar surface area (TPSA) is 61.5 Å². The molecule has 5 heteroatoms. The first-order chi connectivity index (χ1) is 8.44. The third-order valence-corrected chi connectivity index (χ3v) is 4.14. The minimum Gasteiger partial charge on any atom is -0.462 e. The lowest BCUT2D eigenvalue weighted by molar-refractivity contribution is -0.0104. The fourth-order valence-electron chi connectivity index (χ4n) is 2.25. The van der Waals surface area contributed by atoms with Gasteiger partial charge in [-0.15, -0.1) is 11.3 Å². The number of carbonyl (C=O) groups excluding carboxylic acids is 1. The van der Waals surface area contributed by atoms with Gasteiger partial charge < -0.3 is 15.2 Å². The summed E-state index contributed by atoms with van der Waals surface area (Å²) in [6, 6.07) is 0. The minimum absolute atomic E-state index is 0.264. The van der Waals surface area contributed by atoms with Gasteiger partial charge in [0.25, 0.3) is 0 Å². The number of fused-ring (bicyclic) bond motifs is 1. The van der Waals surface area contributed by atoms with Crippen LogP contribution < -0.4 is 5.73 Å². The van der Waals surface area contributed by atoms with E-state index in [0.717, 1.165) is 16.9 Å². The van der Waals surface area contributed by atoms with Crippen molar-refractivity contribution in [2.75, 3.05) is 18.9 Å². The Hall–Kier alpha value is -1.07. The fraction of sp³-hybridized carbons (Fsp3) is 0.615. The summed E-state index contributed by atoms with van der Waals surface area (Å²) in [4.78, 5) is 13.1. The molecule has 0 amide bonds. The van der Waals surface area contributed by atoms with Crippen LogP contribution in [0.4, 0.5) is 5.00 Å². The highest BCUT2D eigenvalue weighted by Gasteiger charge is 2.31. The van der Waals surface area contributed by atoms with E-state index >= 15 is 0 Å². The average Bonchev–Trinajstić information content (AvgIpc) is 2.46. The number of hydrogen-bond donors (Lipinski definition) is 1. The highest BCUT2D eigenvalue weighted by molar-refractivity contribution is 7.16. The summed E-state index contributed by atoms with van der Waals surface area (Å²) in [5.74, 6) is -0.315. The first-order valence-corrected chi connectivity index (χ1v) is 6.97. The number of nitrogen functional groups attached to an aromatic ring is 1. The van der Waals surface area contributed by atoms with Crippen LogP contribution >= 0.6 is 11.3 Å². The SMILES string of the molecule is CCOC(=O)c1c(N)sc2c1CC(C)(C)OCC2. The van der Waals surface area contributed by atoms with Crippen LogP contribution in [0.2, 0.25) is 0 Å². The van der Waals surface area contributed by atoms with Gasteiger partial charge in [-0.2, -0.15) is 0 Å². The highest BCUT2D eigenvalue weighted by Crippen LogP contribution is 2.37. The summed E-state index contributed by atoms with van der Waals surface area (Å²) in [7, 11) is 0. The highest BCUT2D eigenvalue weighted by atomic mass is 32.1. The smallest absolute Gasteiger partial charge is 0.341 e. The maximum atomic E-state index is 12.0. The van der Waals surface area contributed by atoms with Gasteiger partial charge in [0, 0.05) is 17.7 Å². The van der Waals surface area contributed by atoms with Gasteiger partial charge in [-0.05, 0) is 26.3 Å². The van der Waals surface area contributed by atoms with Gasteiger partial charge in [-0.3, -0.25) is 0 Å². The van der Waals surface area contributed by atoms with Crippen LogP contribution in [-0.4, -0.2) is 24.8 Å². The lowest BCUT2D eigenvalue weighted by Crippen LogP contribution is -2.27. The first-order valence-electron chi connectivity index (χ1n) is 6.15. The molecule has 100 valence electrons. The number of carbonyl (C=O) groups is 1. The molecule has 0 spiro atoms. The molecule has 18 heavy (non-hydrogen) atoms. The third-order valence-electron chi connectivity index (χ3n) is 3.02. The van der Waals surface area contributed by atoms with Gasteiger partial charge >= 0.3 is 5.97 Å². The van der Waals surface area contributed by atoms with Crippen molar-refractivity contribution in [1.29, 1.82) is 0 Å².